The molecule has 1 saturated heterocycles. The van der Waals surface area contributed by atoms with Crippen LogP contribution in [0.3, 0.4) is 0 Å². The summed E-state index contributed by atoms with van der Waals surface area (Å²) in [7, 11) is 0. The highest BCUT2D eigenvalue weighted by atomic mass is 35.5. The fourth-order valence-electron chi connectivity index (χ4n) is 2.93. The lowest BCUT2D eigenvalue weighted by Gasteiger charge is -2.31. The summed E-state index contributed by atoms with van der Waals surface area (Å²) < 4.78 is 27.2. The lowest BCUT2D eigenvalue weighted by molar-refractivity contribution is -0.139. The monoisotopic (exact) mass is 375 g/mol. The van der Waals surface area contributed by atoms with Crippen LogP contribution in [-0.4, -0.2) is 42.4 Å². The highest BCUT2D eigenvalue weighted by Gasteiger charge is 2.29. The van der Waals surface area contributed by atoms with Crippen LogP contribution in [-0.2, 0) is 9.59 Å². The van der Waals surface area contributed by atoms with Gasteiger partial charge in [-0.3, -0.25) is 9.59 Å². The van der Waals surface area contributed by atoms with Crippen molar-refractivity contribution in [2.24, 2.45) is 5.92 Å². The molecular weight excluding hydrogens is 352 g/mol. The van der Waals surface area contributed by atoms with E-state index in [1.807, 2.05) is 6.92 Å². The summed E-state index contributed by atoms with van der Waals surface area (Å²) in [5.41, 5.74) is -0.485. The average Bonchev–Trinajstić information content (AvgIpc) is 2.55. The molecule has 1 aliphatic heterocycles. The number of nitrogens with one attached hydrogen (secondary N) is 2. The van der Waals surface area contributed by atoms with E-state index >= 15 is 0 Å². The Morgan fingerprint density at radius 1 is 1.32 bits per heavy atom. The molecule has 2 N–H and O–H groups in total. The Kier molecular flexibility index (Phi) is 8.25. The van der Waals surface area contributed by atoms with E-state index in [-0.39, 0.29) is 36.8 Å². The van der Waals surface area contributed by atoms with Gasteiger partial charge in [0.25, 0.3) is 0 Å². The number of likely N-dealkylation sites (N-methyl/N-ethyl adjacent to an activating group) is 1. The zero-order chi connectivity index (χ0) is 17.7. The molecule has 140 valence electrons. The highest BCUT2D eigenvalue weighted by molar-refractivity contribution is 5.95. The first-order chi connectivity index (χ1) is 11.4. The largest absolute Gasteiger partial charge is 0.333 e. The topological polar surface area (TPSA) is 61.4 Å². The van der Waals surface area contributed by atoms with Crippen molar-refractivity contribution in [3.05, 3.63) is 29.8 Å². The molecule has 1 fully saturated rings. The van der Waals surface area contributed by atoms with Crippen LogP contribution in [0.5, 0.6) is 0 Å². The Labute approximate surface area is 152 Å². The standard InChI is InChI=1S/C17H23F2N3O2.ClH/c1-3-22(17(24)12-7-8-20-11(2)9-12)10-15(23)21-16-13(18)5-4-6-14(16)19;/h4-6,11-12,20H,3,7-10H2,1-2H3,(H,21,23);1H/t11-,12-;/m0./s1. The van der Waals surface area contributed by atoms with Crippen LogP contribution < -0.4 is 10.6 Å². The molecule has 0 radical (unpaired) electrons. The Balaban J connectivity index is 0.00000312. The van der Waals surface area contributed by atoms with Crippen molar-refractivity contribution < 1.29 is 18.4 Å². The molecule has 0 aromatic heterocycles. The van der Waals surface area contributed by atoms with Crippen molar-refractivity contribution in [1.82, 2.24) is 10.2 Å². The molecule has 1 aromatic carbocycles. The van der Waals surface area contributed by atoms with Gasteiger partial charge < -0.3 is 15.5 Å². The van der Waals surface area contributed by atoms with Crippen LogP contribution in [0.25, 0.3) is 0 Å². The van der Waals surface area contributed by atoms with Crippen LogP contribution in [0.2, 0.25) is 0 Å². The summed E-state index contributed by atoms with van der Waals surface area (Å²) in [6, 6.07) is 3.61. The fourth-order valence-corrected chi connectivity index (χ4v) is 2.93. The Bertz CT molecular complexity index is 595. The van der Waals surface area contributed by atoms with Gasteiger partial charge in [-0.25, -0.2) is 8.78 Å². The van der Waals surface area contributed by atoms with Crippen LogP contribution in [0, 0.1) is 17.6 Å². The highest BCUT2D eigenvalue weighted by Crippen LogP contribution is 2.20. The van der Waals surface area contributed by atoms with Gasteiger partial charge in [0.05, 0.1) is 6.54 Å². The summed E-state index contributed by atoms with van der Waals surface area (Å²) in [6.45, 7) is 4.70. The van der Waals surface area contributed by atoms with Gasteiger partial charge in [-0.1, -0.05) is 6.07 Å². The van der Waals surface area contributed by atoms with E-state index in [1.165, 1.54) is 11.0 Å². The number of rotatable bonds is 5. The number of carbonyl (C=O) groups excluding carboxylic acids is 2. The van der Waals surface area contributed by atoms with Gasteiger partial charge in [0, 0.05) is 18.5 Å². The number of anilines is 1. The maximum Gasteiger partial charge on any atom is 0.244 e. The molecule has 8 heteroatoms. The minimum atomic E-state index is -0.843. The van der Waals surface area contributed by atoms with Crippen molar-refractivity contribution in [3.8, 4) is 0 Å². The lowest BCUT2D eigenvalue weighted by atomic mass is 9.92. The first-order valence-electron chi connectivity index (χ1n) is 8.18. The minimum absolute atomic E-state index is 0. The number of carbonyl (C=O) groups is 2. The summed E-state index contributed by atoms with van der Waals surface area (Å²) in [6.07, 6.45) is 1.45. The summed E-state index contributed by atoms with van der Waals surface area (Å²) in [5.74, 6) is -2.51. The SMILES string of the molecule is CCN(CC(=O)Nc1c(F)cccc1F)C(=O)[C@H]1CCN[C@@H](C)C1.Cl. The molecule has 25 heavy (non-hydrogen) atoms. The maximum atomic E-state index is 13.6. The Hall–Kier alpha value is -1.73. The first-order valence-corrected chi connectivity index (χ1v) is 8.18. The van der Waals surface area contributed by atoms with Gasteiger partial charge in [0.2, 0.25) is 11.8 Å². The second-order valence-corrected chi connectivity index (χ2v) is 6.07. The molecule has 0 bridgehead atoms. The van der Waals surface area contributed by atoms with Crippen molar-refractivity contribution in [2.75, 3.05) is 25.0 Å². The van der Waals surface area contributed by atoms with Gasteiger partial charge in [0.15, 0.2) is 0 Å². The molecule has 1 heterocycles. The van der Waals surface area contributed by atoms with Crippen LogP contribution >= 0.6 is 12.4 Å². The van der Waals surface area contributed by atoms with Crippen molar-refractivity contribution in [2.45, 2.75) is 32.7 Å². The summed E-state index contributed by atoms with van der Waals surface area (Å²) in [5, 5.41) is 5.49. The normalized spacial score (nSPS) is 19.7. The second-order valence-electron chi connectivity index (χ2n) is 6.07. The van der Waals surface area contributed by atoms with Gasteiger partial charge in [-0.15, -0.1) is 12.4 Å². The molecule has 2 atom stereocenters. The lowest BCUT2D eigenvalue weighted by Crippen LogP contribution is -2.46. The van der Waals surface area contributed by atoms with Crippen molar-refractivity contribution >= 4 is 29.9 Å². The molecule has 5 nitrogen and oxygen atoms in total. The number of hydrogen-bond acceptors (Lipinski definition) is 3. The summed E-state index contributed by atoms with van der Waals surface area (Å²) >= 11 is 0. The van der Waals surface area contributed by atoms with Crippen LogP contribution in [0.15, 0.2) is 18.2 Å². The molecular formula is C17H24ClF2N3O2. The third kappa shape index (κ3) is 5.64. The predicted molar refractivity (Wildman–Crippen MR) is 94.7 cm³/mol. The van der Waals surface area contributed by atoms with E-state index in [2.05, 4.69) is 10.6 Å². The number of piperidine rings is 1. The molecule has 2 amide bonds. The number of hydrogen-bond donors (Lipinski definition) is 2. The van der Waals surface area contributed by atoms with Crippen LogP contribution in [0.4, 0.5) is 14.5 Å². The smallest absolute Gasteiger partial charge is 0.244 e. The molecule has 0 unspecified atom stereocenters. The van der Waals surface area contributed by atoms with E-state index in [1.54, 1.807) is 6.92 Å². The second kappa shape index (κ2) is 9.68. The van der Waals surface area contributed by atoms with E-state index in [0.717, 1.165) is 31.5 Å². The predicted octanol–water partition coefficient (Wildman–Crippen LogP) is 2.56. The molecule has 0 aliphatic carbocycles. The fraction of sp³-hybridized carbons (Fsp3) is 0.529. The van der Waals surface area contributed by atoms with Gasteiger partial charge in [-0.2, -0.15) is 0 Å². The van der Waals surface area contributed by atoms with Crippen molar-refractivity contribution in [1.29, 1.82) is 0 Å². The molecule has 1 aromatic rings. The number of benzene rings is 1. The third-order valence-corrected chi connectivity index (χ3v) is 4.23. The van der Waals surface area contributed by atoms with E-state index in [9.17, 15) is 18.4 Å². The molecule has 2 rings (SSSR count). The van der Waals surface area contributed by atoms with Crippen LogP contribution in [0.1, 0.15) is 26.7 Å². The number of para-hydroxylation sites is 1. The number of amides is 2. The molecule has 0 saturated carbocycles. The minimum Gasteiger partial charge on any atom is -0.333 e. The van der Waals surface area contributed by atoms with E-state index < -0.39 is 23.2 Å². The zero-order valence-corrected chi connectivity index (χ0v) is 15.2. The van der Waals surface area contributed by atoms with Gasteiger partial charge in [-0.05, 0) is 45.4 Å². The van der Waals surface area contributed by atoms with Gasteiger partial charge >= 0.3 is 0 Å². The van der Waals surface area contributed by atoms with Gasteiger partial charge in [0.1, 0.15) is 17.3 Å². The molecule has 0 spiro atoms. The van der Waals surface area contributed by atoms with E-state index in [0.29, 0.717) is 6.54 Å². The average molecular weight is 376 g/mol. The van der Waals surface area contributed by atoms with E-state index in [4.69, 9.17) is 0 Å². The zero-order valence-electron chi connectivity index (χ0n) is 14.4. The maximum absolute atomic E-state index is 13.6. The quantitative estimate of drug-likeness (QED) is 0.831. The van der Waals surface area contributed by atoms with Crippen molar-refractivity contribution in [3.63, 3.8) is 0 Å². The first kappa shape index (κ1) is 21.3. The number of nitrogens with zero attached hydrogens (tertiary/aromatic N) is 1. The Morgan fingerprint density at radius 3 is 2.52 bits per heavy atom. The number of halogens is 3. The Morgan fingerprint density at radius 2 is 1.96 bits per heavy atom. The molecule has 1 aliphatic rings. The summed E-state index contributed by atoms with van der Waals surface area (Å²) in [4.78, 5) is 26.1. The third-order valence-electron chi connectivity index (χ3n) is 4.23.